The van der Waals surface area contributed by atoms with E-state index >= 15 is 0 Å². The van der Waals surface area contributed by atoms with E-state index in [1.54, 1.807) is 13.3 Å². The lowest BCUT2D eigenvalue weighted by Crippen LogP contribution is -2.58. The minimum atomic E-state index is 0.146. The van der Waals surface area contributed by atoms with Gasteiger partial charge in [-0.2, -0.15) is 0 Å². The summed E-state index contributed by atoms with van der Waals surface area (Å²) >= 11 is 0. The van der Waals surface area contributed by atoms with Crippen molar-refractivity contribution in [1.29, 1.82) is 0 Å². The number of amides is 1. The molecular formula is C17H25N3O4. The largest absolute Gasteiger partial charge is 0.495 e. The molecule has 24 heavy (non-hydrogen) atoms. The molecule has 0 saturated carbocycles. The minimum absolute atomic E-state index is 0.146. The van der Waals surface area contributed by atoms with Crippen molar-refractivity contribution in [2.24, 2.45) is 0 Å². The highest BCUT2D eigenvalue weighted by atomic mass is 16.5. The average Bonchev–Trinajstić information content (AvgIpc) is 2.63. The Labute approximate surface area is 142 Å². The standard InChI is InChI=1S/C17H25N3O4/c1-3-7-23-8-4-16(21)19-5-6-20-13(11-19)12-24-15-9-14(22-2)10-18-17(15)20/h9-10,13H,3-8,11-12H2,1-2H3. The number of methoxy groups -OCH3 is 1. The number of carbonyl (C=O) groups is 1. The van der Waals surface area contributed by atoms with Gasteiger partial charge in [0.1, 0.15) is 12.4 Å². The van der Waals surface area contributed by atoms with Crippen LogP contribution in [-0.4, -0.2) is 68.4 Å². The Balaban J connectivity index is 1.59. The highest BCUT2D eigenvalue weighted by Crippen LogP contribution is 2.35. The van der Waals surface area contributed by atoms with Gasteiger partial charge in [0.15, 0.2) is 11.6 Å². The van der Waals surface area contributed by atoms with Crippen molar-refractivity contribution in [3.63, 3.8) is 0 Å². The third-order valence-corrected chi connectivity index (χ3v) is 4.39. The van der Waals surface area contributed by atoms with Gasteiger partial charge in [-0.15, -0.1) is 0 Å². The van der Waals surface area contributed by atoms with E-state index in [1.165, 1.54) is 0 Å². The fourth-order valence-corrected chi connectivity index (χ4v) is 3.11. The molecule has 1 amide bonds. The van der Waals surface area contributed by atoms with Gasteiger partial charge in [0.25, 0.3) is 0 Å². The molecule has 1 fully saturated rings. The zero-order chi connectivity index (χ0) is 16.9. The van der Waals surface area contributed by atoms with Gasteiger partial charge in [-0.3, -0.25) is 4.79 Å². The third kappa shape index (κ3) is 3.56. The molecule has 7 nitrogen and oxygen atoms in total. The zero-order valence-corrected chi connectivity index (χ0v) is 14.4. The van der Waals surface area contributed by atoms with Gasteiger partial charge < -0.3 is 24.0 Å². The van der Waals surface area contributed by atoms with E-state index < -0.39 is 0 Å². The summed E-state index contributed by atoms with van der Waals surface area (Å²) in [7, 11) is 1.61. The number of pyridine rings is 1. The minimum Gasteiger partial charge on any atom is -0.495 e. The summed E-state index contributed by atoms with van der Waals surface area (Å²) in [6, 6.07) is 2.01. The summed E-state index contributed by atoms with van der Waals surface area (Å²) in [6.07, 6.45) is 3.12. The fourth-order valence-electron chi connectivity index (χ4n) is 3.11. The van der Waals surface area contributed by atoms with Crippen molar-refractivity contribution >= 4 is 11.7 Å². The van der Waals surface area contributed by atoms with Gasteiger partial charge in [-0.1, -0.05) is 6.92 Å². The smallest absolute Gasteiger partial charge is 0.225 e. The monoisotopic (exact) mass is 335 g/mol. The van der Waals surface area contributed by atoms with Crippen LogP contribution in [0.4, 0.5) is 5.82 Å². The topological polar surface area (TPSA) is 64.1 Å². The molecule has 0 bridgehead atoms. The van der Waals surface area contributed by atoms with Gasteiger partial charge in [0, 0.05) is 32.3 Å². The van der Waals surface area contributed by atoms with Crippen LogP contribution >= 0.6 is 0 Å². The van der Waals surface area contributed by atoms with Gasteiger partial charge >= 0.3 is 0 Å². The predicted octanol–water partition coefficient (Wildman–Crippen LogP) is 1.32. The maximum absolute atomic E-state index is 12.3. The lowest BCUT2D eigenvalue weighted by Gasteiger charge is -2.44. The predicted molar refractivity (Wildman–Crippen MR) is 89.7 cm³/mol. The van der Waals surface area contributed by atoms with Crippen molar-refractivity contribution in [2.75, 3.05) is 51.5 Å². The van der Waals surface area contributed by atoms with Crippen LogP contribution in [0, 0.1) is 0 Å². The van der Waals surface area contributed by atoms with Crippen molar-refractivity contribution in [3.8, 4) is 11.5 Å². The molecule has 1 aromatic heterocycles. The van der Waals surface area contributed by atoms with Crippen molar-refractivity contribution in [1.82, 2.24) is 9.88 Å². The summed E-state index contributed by atoms with van der Waals surface area (Å²) in [4.78, 5) is 20.9. The maximum atomic E-state index is 12.3. The van der Waals surface area contributed by atoms with Gasteiger partial charge in [-0.25, -0.2) is 4.98 Å². The Hall–Kier alpha value is -2.02. The van der Waals surface area contributed by atoms with E-state index in [-0.39, 0.29) is 11.9 Å². The maximum Gasteiger partial charge on any atom is 0.225 e. The number of ether oxygens (including phenoxy) is 3. The lowest BCUT2D eigenvalue weighted by atomic mass is 10.1. The summed E-state index contributed by atoms with van der Waals surface area (Å²) in [5, 5.41) is 0. The van der Waals surface area contributed by atoms with Crippen molar-refractivity contribution in [2.45, 2.75) is 25.8 Å². The number of aromatic nitrogens is 1. The number of hydrogen-bond acceptors (Lipinski definition) is 6. The summed E-state index contributed by atoms with van der Waals surface area (Å²) in [5.41, 5.74) is 0. The first-order chi connectivity index (χ1) is 11.7. The van der Waals surface area contributed by atoms with E-state index in [0.29, 0.717) is 45.1 Å². The number of anilines is 1. The normalized spacial score (nSPS) is 19.3. The Morgan fingerprint density at radius 1 is 1.42 bits per heavy atom. The van der Waals surface area contributed by atoms with Crippen molar-refractivity contribution < 1.29 is 19.0 Å². The number of fused-ring (bicyclic) bond motifs is 3. The zero-order valence-electron chi connectivity index (χ0n) is 14.4. The van der Waals surface area contributed by atoms with E-state index in [1.807, 2.05) is 11.0 Å². The Bertz CT molecular complexity index is 581. The second-order valence-corrected chi connectivity index (χ2v) is 6.06. The van der Waals surface area contributed by atoms with Crippen LogP contribution in [0.2, 0.25) is 0 Å². The van der Waals surface area contributed by atoms with Crippen LogP contribution < -0.4 is 14.4 Å². The van der Waals surface area contributed by atoms with E-state index in [4.69, 9.17) is 14.2 Å². The van der Waals surface area contributed by atoms with Crippen LogP contribution in [0.1, 0.15) is 19.8 Å². The van der Waals surface area contributed by atoms with Gasteiger partial charge in [0.2, 0.25) is 5.91 Å². The van der Waals surface area contributed by atoms with Crippen molar-refractivity contribution in [3.05, 3.63) is 12.3 Å². The second kappa shape index (κ2) is 7.70. The molecule has 1 unspecified atom stereocenters. The molecular weight excluding hydrogens is 310 g/mol. The molecule has 1 aromatic rings. The second-order valence-electron chi connectivity index (χ2n) is 6.06. The molecule has 1 atom stereocenters. The fraction of sp³-hybridized carbons (Fsp3) is 0.647. The molecule has 2 aliphatic heterocycles. The first-order valence-corrected chi connectivity index (χ1v) is 8.52. The van der Waals surface area contributed by atoms with E-state index in [9.17, 15) is 4.79 Å². The molecule has 132 valence electrons. The van der Waals surface area contributed by atoms with Gasteiger partial charge in [0.05, 0.1) is 32.4 Å². The number of hydrogen-bond donors (Lipinski definition) is 0. The van der Waals surface area contributed by atoms with E-state index in [0.717, 1.165) is 24.5 Å². The summed E-state index contributed by atoms with van der Waals surface area (Å²) in [5.74, 6) is 2.43. The van der Waals surface area contributed by atoms with Gasteiger partial charge in [-0.05, 0) is 6.42 Å². The highest BCUT2D eigenvalue weighted by molar-refractivity contribution is 5.77. The van der Waals surface area contributed by atoms with Crippen LogP contribution in [0.25, 0.3) is 0 Å². The Morgan fingerprint density at radius 2 is 2.29 bits per heavy atom. The Kier molecular flexibility index (Phi) is 5.40. The number of rotatable bonds is 6. The molecule has 3 rings (SSSR count). The number of piperazine rings is 1. The molecule has 1 saturated heterocycles. The molecule has 0 spiro atoms. The van der Waals surface area contributed by atoms with Crippen LogP contribution in [0.15, 0.2) is 12.3 Å². The molecule has 7 heteroatoms. The molecule has 0 aliphatic carbocycles. The average molecular weight is 335 g/mol. The SMILES string of the molecule is CCCOCCC(=O)N1CCN2c3ncc(OC)cc3OCC2C1. The summed E-state index contributed by atoms with van der Waals surface area (Å²) in [6.45, 7) is 5.96. The molecule has 0 N–H and O–H groups in total. The van der Waals surface area contributed by atoms with E-state index in [2.05, 4.69) is 16.8 Å². The van der Waals surface area contributed by atoms with Crippen LogP contribution in [-0.2, 0) is 9.53 Å². The molecule has 0 aromatic carbocycles. The number of carbonyl (C=O) groups excluding carboxylic acids is 1. The van der Waals surface area contributed by atoms with Crippen LogP contribution in [0.3, 0.4) is 0 Å². The molecule has 0 radical (unpaired) electrons. The van der Waals surface area contributed by atoms with Crippen LogP contribution in [0.5, 0.6) is 11.5 Å². The lowest BCUT2D eigenvalue weighted by molar-refractivity contribution is -0.133. The quantitative estimate of drug-likeness (QED) is 0.731. The Morgan fingerprint density at radius 3 is 3.08 bits per heavy atom. The first kappa shape index (κ1) is 16.8. The first-order valence-electron chi connectivity index (χ1n) is 8.52. The third-order valence-electron chi connectivity index (χ3n) is 4.39. The molecule has 2 aliphatic rings. The summed E-state index contributed by atoms with van der Waals surface area (Å²) < 4.78 is 16.4. The molecule has 3 heterocycles. The number of nitrogens with zero attached hydrogens (tertiary/aromatic N) is 3. The highest BCUT2D eigenvalue weighted by Gasteiger charge is 2.35.